The summed E-state index contributed by atoms with van der Waals surface area (Å²) in [6.07, 6.45) is 15.3. The van der Waals surface area contributed by atoms with Crippen LogP contribution in [0.4, 0.5) is 0 Å². The van der Waals surface area contributed by atoms with Gasteiger partial charge in [0.15, 0.2) is 5.12 Å². The van der Waals surface area contributed by atoms with Gasteiger partial charge in [0.25, 0.3) is 0 Å². The molecule has 0 unspecified atom stereocenters. The minimum atomic E-state index is 0.0298. The highest BCUT2D eigenvalue weighted by molar-refractivity contribution is 7.96. The third-order valence-electron chi connectivity index (χ3n) is 2.80. The molecule has 2 heteroatoms. The van der Waals surface area contributed by atoms with Crippen LogP contribution in [0.15, 0.2) is 12.7 Å². The van der Waals surface area contributed by atoms with E-state index in [2.05, 4.69) is 19.2 Å². The highest BCUT2D eigenvalue weighted by Crippen LogP contribution is 2.11. The van der Waals surface area contributed by atoms with Gasteiger partial charge in [-0.3, -0.25) is 4.79 Å². The van der Waals surface area contributed by atoms with Crippen molar-refractivity contribution in [1.82, 2.24) is 0 Å². The SMILES string of the molecule is C=CCCCCCCCCCCCC(=O)S. The van der Waals surface area contributed by atoms with Crippen LogP contribution in [0.25, 0.3) is 0 Å². The number of unbranched alkanes of at least 4 members (excludes halogenated alkanes) is 9. The average Bonchev–Trinajstić information content (AvgIpc) is 2.25. The molecule has 0 rings (SSSR count). The lowest BCUT2D eigenvalue weighted by atomic mass is 10.1. The molecule has 0 aliphatic carbocycles. The van der Waals surface area contributed by atoms with Gasteiger partial charge in [0.05, 0.1) is 0 Å². The van der Waals surface area contributed by atoms with Crippen LogP contribution < -0.4 is 0 Å². The van der Waals surface area contributed by atoms with Gasteiger partial charge >= 0.3 is 0 Å². The van der Waals surface area contributed by atoms with E-state index in [1.807, 2.05) is 6.08 Å². The van der Waals surface area contributed by atoms with Gasteiger partial charge in [0.2, 0.25) is 0 Å². The molecule has 0 amide bonds. The first kappa shape index (κ1) is 15.8. The normalized spacial score (nSPS) is 10.3. The zero-order valence-electron chi connectivity index (χ0n) is 10.4. The molecule has 0 saturated carbocycles. The zero-order chi connectivity index (χ0) is 12.1. The summed E-state index contributed by atoms with van der Waals surface area (Å²) in [4.78, 5) is 10.6. The predicted molar refractivity (Wildman–Crippen MR) is 75.0 cm³/mol. The first-order chi connectivity index (χ1) is 7.77. The van der Waals surface area contributed by atoms with E-state index in [1.54, 1.807) is 0 Å². The van der Waals surface area contributed by atoms with Crippen molar-refractivity contribution in [1.29, 1.82) is 0 Å². The second-order valence-corrected chi connectivity index (χ2v) is 4.90. The van der Waals surface area contributed by atoms with Crippen molar-refractivity contribution in [3.63, 3.8) is 0 Å². The van der Waals surface area contributed by atoms with Crippen LogP contribution in [0.3, 0.4) is 0 Å². The van der Waals surface area contributed by atoms with Gasteiger partial charge < -0.3 is 0 Å². The Kier molecular flexibility index (Phi) is 12.6. The lowest BCUT2D eigenvalue weighted by Crippen LogP contribution is -1.86. The Bertz CT molecular complexity index is 178. The summed E-state index contributed by atoms with van der Waals surface area (Å²) in [5.74, 6) is 0. The van der Waals surface area contributed by atoms with Crippen molar-refractivity contribution in [2.24, 2.45) is 0 Å². The first-order valence-electron chi connectivity index (χ1n) is 6.60. The quantitative estimate of drug-likeness (QED) is 0.292. The van der Waals surface area contributed by atoms with Crippen LogP contribution in [0.2, 0.25) is 0 Å². The number of allylic oxidation sites excluding steroid dienone is 1. The van der Waals surface area contributed by atoms with E-state index in [1.165, 1.54) is 51.4 Å². The lowest BCUT2D eigenvalue weighted by Gasteiger charge is -2.01. The molecule has 0 fully saturated rings. The van der Waals surface area contributed by atoms with E-state index in [0.717, 1.165) is 12.8 Å². The fraction of sp³-hybridized carbons (Fsp3) is 0.786. The summed E-state index contributed by atoms with van der Waals surface area (Å²) in [5, 5.41) is 0.0298. The third kappa shape index (κ3) is 13.8. The van der Waals surface area contributed by atoms with Gasteiger partial charge in [0.1, 0.15) is 0 Å². The molecule has 0 aliphatic heterocycles. The Morgan fingerprint density at radius 2 is 1.31 bits per heavy atom. The van der Waals surface area contributed by atoms with Gasteiger partial charge in [0, 0.05) is 6.42 Å². The predicted octanol–water partition coefficient (Wildman–Crippen LogP) is 4.92. The maximum atomic E-state index is 10.6. The van der Waals surface area contributed by atoms with Crippen molar-refractivity contribution < 1.29 is 4.79 Å². The number of carbonyl (C=O) groups is 1. The van der Waals surface area contributed by atoms with Crippen LogP contribution >= 0.6 is 12.6 Å². The summed E-state index contributed by atoms with van der Waals surface area (Å²) in [6.45, 7) is 3.72. The topological polar surface area (TPSA) is 17.1 Å². The molecule has 0 aromatic carbocycles. The van der Waals surface area contributed by atoms with Crippen LogP contribution in [0, 0.1) is 0 Å². The monoisotopic (exact) mass is 242 g/mol. The largest absolute Gasteiger partial charge is 0.288 e. The summed E-state index contributed by atoms with van der Waals surface area (Å²) < 4.78 is 0. The maximum absolute atomic E-state index is 10.6. The minimum Gasteiger partial charge on any atom is -0.288 e. The zero-order valence-corrected chi connectivity index (χ0v) is 11.3. The van der Waals surface area contributed by atoms with E-state index < -0.39 is 0 Å². The maximum Gasteiger partial charge on any atom is 0.185 e. The number of hydrogen-bond donors (Lipinski definition) is 1. The molecule has 0 aromatic rings. The van der Waals surface area contributed by atoms with Crippen molar-refractivity contribution >= 4 is 17.7 Å². The smallest absolute Gasteiger partial charge is 0.185 e. The van der Waals surface area contributed by atoms with Crippen molar-refractivity contribution in [3.8, 4) is 0 Å². The summed E-state index contributed by atoms with van der Waals surface area (Å²) in [7, 11) is 0. The van der Waals surface area contributed by atoms with Crippen molar-refractivity contribution in [3.05, 3.63) is 12.7 Å². The second-order valence-electron chi connectivity index (χ2n) is 4.40. The molecule has 1 nitrogen and oxygen atoms in total. The van der Waals surface area contributed by atoms with E-state index in [4.69, 9.17) is 0 Å². The van der Waals surface area contributed by atoms with Gasteiger partial charge in [-0.05, 0) is 19.3 Å². The van der Waals surface area contributed by atoms with Crippen LogP contribution in [-0.2, 0) is 4.79 Å². The molecular formula is C14H26OS. The summed E-state index contributed by atoms with van der Waals surface area (Å²) in [6, 6.07) is 0. The second kappa shape index (κ2) is 12.8. The van der Waals surface area contributed by atoms with Crippen LogP contribution in [0.5, 0.6) is 0 Å². The molecule has 0 aliphatic rings. The molecule has 0 heterocycles. The lowest BCUT2D eigenvalue weighted by molar-refractivity contribution is -0.110. The Morgan fingerprint density at radius 3 is 1.75 bits per heavy atom. The molecule has 94 valence electrons. The highest BCUT2D eigenvalue weighted by atomic mass is 32.1. The minimum absolute atomic E-state index is 0.0298. The van der Waals surface area contributed by atoms with E-state index in [-0.39, 0.29) is 5.12 Å². The Morgan fingerprint density at radius 1 is 0.875 bits per heavy atom. The summed E-state index contributed by atoms with van der Waals surface area (Å²) >= 11 is 3.75. The Hall–Kier alpha value is -0.240. The molecular weight excluding hydrogens is 216 g/mol. The molecule has 0 saturated heterocycles. The summed E-state index contributed by atoms with van der Waals surface area (Å²) in [5.41, 5.74) is 0. The van der Waals surface area contributed by atoms with E-state index >= 15 is 0 Å². The molecule has 0 aromatic heterocycles. The highest BCUT2D eigenvalue weighted by Gasteiger charge is 1.95. The van der Waals surface area contributed by atoms with E-state index in [0.29, 0.717) is 6.42 Å². The fourth-order valence-corrected chi connectivity index (χ4v) is 1.96. The molecule has 0 spiro atoms. The molecule has 0 atom stereocenters. The standard InChI is InChI=1S/C14H26OS/c1-2-3-4-5-6-7-8-9-10-11-12-13-14(15)16/h2H,1,3-13H2,(H,15,16). The van der Waals surface area contributed by atoms with Crippen LogP contribution in [0.1, 0.15) is 70.6 Å². The number of rotatable bonds is 12. The molecule has 0 N–H and O–H groups in total. The van der Waals surface area contributed by atoms with Crippen LogP contribution in [-0.4, -0.2) is 5.12 Å². The Labute approximate surface area is 106 Å². The number of carbonyl (C=O) groups excluding carboxylic acids is 1. The number of hydrogen-bond acceptors (Lipinski definition) is 1. The molecule has 0 radical (unpaired) electrons. The Balaban J connectivity index is 2.93. The average molecular weight is 242 g/mol. The number of thiol groups is 1. The van der Waals surface area contributed by atoms with Gasteiger partial charge in [-0.1, -0.05) is 51.0 Å². The van der Waals surface area contributed by atoms with Gasteiger partial charge in [-0.15, -0.1) is 19.2 Å². The van der Waals surface area contributed by atoms with Crippen molar-refractivity contribution in [2.75, 3.05) is 0 Å². The van der Waals surface area contributed by atoms with Crippen molar-refractivity contribution in [2.45, 2.75) is 70.6 Å². The fourth-order valence-electron chi connectivity index (χ4n) is 1.80. The molecule has 0 bridgehead atoms. The van der Waals surface area contributed by atoms with Gasteiger partial charge in [-0.25, -0.2) is 0 Å². The third-order valence-corrected chi connectivity index (χ3v) is 3.02. The van der Waals surface area contributed by atoms with Gasteiger partial charge in [-0.2, -0.15) is 0 Å². The first-order valence-corrected chi connectivity index (χ1v) is 7.04. The molecule has 16 heavy (non-hydrogen) atoms. The van der Waals surface area contributed by atoms with E-state index in [9.17, 15) is 4.79 Å².